The molecule has 0 spiro atoms. The molecule has 26 heavy (non-hydrogen) atoms. The molecule has 2 saturated heterocycles. The van der Waals surface area contributed by atoms with E-state index in [-0.39, 0.29) is 29.8 Å². The van der Waals surface area contributed by atoms with E-state index in [1.165, 1.54) is 12.2 Å². The quantitative estimate of drug-likeness (QED) is 0.831. The van der Waals surface area contributed by atoms with Gasteiger partial charge in [0.1, 0.15) is 5.76 Å². The number of hydrogen-bond acceptors (Lipinski definition) is 5. The number of carbonyl (C=O) groups excluding carboxylic acids is 1. The van der Waals surface area contributed by atoms with Gasteiger partial charge < -0.3 is 15.0 Å². The molecule has 1 amide bonds. The van der Waals surface area contributed by atoms with Gasteiger partial charge in [-0.25, -0.2) is 0 Å². The molecule has 0 aromatic carbocycles. The van der Waals surface area contributed by atoms with Crippen LogP contribution >= 0.6 is 0 Å². The number of nitrogens with one attached hydrogen (secondary N) is 1. The molecule has 4 rings (SSSR count). The second-order valence-corrected chi connectivity index (χ2v) is 7.13. The van der Waals surface area contributed by atoms with Gasteiger partial charge in [-0.3, -0.25) is 4.79 Å². The van der Waals surface area contributed by atoms with E-state index in [2.05, 4.69) is 32.2 Å². The van der Waals surface area contributed by atoms with Crippen LogP contribution in [0.25, 0.3) is 0 Å². The molecule has 0 aromatic heterocycles. The summed E-state index contributed by atoms with van der Waals surface area (Å²) < 4.78 is 40.9. The van der Waals surface area contributed by atoms with E-state index in [9.17, 15) is 18.0 Å². The molecule has 0 aromatic rings. The highest BCUT2D eigenvalue weighted by Gasteiger charge is 2.40. The number of fused-ring (bicyclic) bond motifs is 3. The predicted molar refractivity (Wildman–Crippen MR) is 88.5 cm³/mol. The van der Waals surface area contributed by atoms with Crippen LogP contribution in [0.2, 0.25) is 0 Å². The van der Waals surface area contributed by atoms with Crippen LogP contribution in [0.15, 0.2) is 33.7 Å². The average Bonchev–Trinajstić information content (AvgIpc) is 3.03. The minimum atomic E-state index is -4.75. The Morgan fingerprint density at radius 2 is 1.92 bits per heavy atom. The maximum absolute atomic E-state index is 12.6. The largest absolute Gasteiger partial charge is 0.572 e. The lowest BCUT2D eigenvalue weighted by molar-refractivity contribution is -0.305. The van der Waals surface area contributed by atoms with Crippen molar-refractivity contribution in [3.8, 4) is 0 Å². The van der Waals surface area contributed by atoms with Crippen LogP contribution in [-0.2, 0) is 9.53 Å². The summed E-state index contributed by atoms with van der Waals surface area (Å²) in [5.41, 5.74) is 0.946. The van der Waals surface area contributed by atoms with Crippen LogP contribution < -0.4 is 5.32 Å². The molecule has 1 N–H and O–H groups in total. The Kier molecular flexibility index (Phi) is 4.13. The molecule has 2 unspecified atom stereocenters. The number of rotatable bonds is 3. The zero-order valence-corrected chi connectivity index (χ0v) is 14.2. The van der Waals surface area contributed by atoms with Crippen molar-refractivity contribution in [2.45, 2.75) is 56.6 Å². The van der Waals surface area contributed by atoms with Crippen LogP contribution in [0.4, 0.5) is 13.2 Å². The number of alkyl halides is 3. The fourth-order valence-corrected chi connectivity index (χ4v) is 4.23. The van der Waals surface area contributed by atoms with Crippen LogP contribution in [0.3, 0.4) is 0 Å². The third-order valence-corrected chi connectivity index (χ3v) is 5.51. The Morgan fingerprint density at radius 1 is 1.23 bits per heavy atom. The molecule has 2 atom stereocenters. The van der Waals surface area contributed by atoms with Crippen molar-refractivity contribution in [1.82, 2.24) is 10.2 Å². The van der Waals surface area contributed by atoms with Crippen molar-refractivity contribution in [2.75, 3.05) is 7.05 Å². The summed E-state index contributed by atoms with van der Waals surface area (Å²) in [6.45, 7) is 0. The van der Waals surface area contributed by atoms with Crippen molar-refractivity contribution in [2.24, 2.45) is 10.2 Å². The molecular weight excluding hydrogens is 349 g/mol. The maximum Gasteiger partial charge on any atom is 0.572 e. The van der Waals surface area contributed by atoms with E-state index in [1.54, 1.807) is 0 Å². The Balaban J connectivity index is 1.41. The number of allylic oxidation sites excluding steroid dienone is 3. The van der Waals surface area contributed by atoms with Crippen molar-refractivity contribution in [3.63, 3.8) is 0 Å². The summed E-state index contributed by atoms with van der Waals surface area (Å²) >= 11 is 0. The number of halogens is 3. The zero-order valence-electron chi connectivity index (χ0n) is 14.2. The molecule has 140 valence electrons. The third kappa shape index (κ3) is 3.27. The van der Waals surface area contributed by atoms with Gasteiger partial charge in [-0.05, 0) is 44.9 Å². The first kappa shape index (κ1) is 17.3. The highest BCUT2D eigenvalue weighted by Crippen LogP contribution is 2.34. The summed E-state index contributed by atoms with van der Waals surface area (Å²) in [4.78, 5) is 15.0. The molecule has 1 aliphatic carbocycles. The Bertz CT molecular complexity index is 740. The SMILES string of the molecule is CN1C2CCC1CC(NC(=O)C1=NN=C3CC(OC(F)(F)F)=CC=C31)C2. The van der Waals surface area contributed by atoms with Crippen molar-refractivity contribution < 1.29 is 22.7 Å². The van der Waals surface area contributed by atoms with E-state index >= 15 is 0 Å². The summed E-state index contributed by atoms with van der Waals surface area (Å²) in [5, 5.41) is 10.8. The third-order valence-electron chi connectivity index (χ3n) is 5.51. The summed E-state index contributed by atoms with van der Waals surface area (Å²) in [7, 11) is 2.13. The lowest BCUT2D eigenvalue weighted by atomic mass is 9.95. The molecule has 2 fully saturated rings. The number of nitrogens with zero attached hydrogens (tertiary/aromatic N) is 3. The second-order valence-electron chi connectivity index (χ2n) is 7.13. The summed E-state index contributed by atoms with van der Waals surface area (Å²) in [5.74, 6) is -0.582. The summed E-state index contributed by atoms with van der Waals surface area (Å²) in [6, 6.07) is 1.08. The molecule has 6 nitrogen and oxygen atoms in total. The van der Waals surface area contributed by atoms with Gasteiger partial charge in [-0.2, -0.15) is 5.10 Å². The molecule has 0 saturated carbocycles. The number of ether oxygens (including phenoxy) is 1. The van der Waals surface area contributed by atoms with Crippen LogP contribution in [0.5, 0.6) is 0 Å². The first-order valence-corrected chi connectivity index (χ1v) is 8.65. The number of piperidine rings is 1. The van der Waals surface area contributed by atoms with Gasteiger partial charge in [-0.15, -0.1) is 18.3 Å². The van der Waals surface area contributed by atoms with E-state index in [4.69, 9.17) is 0 Å². The van der Waals surface area contributed by atoms with Gasteiger partial charge in [0.2, 0.25) is 0 Å². The smallest absolute Gasteiger partial charge is 0.410 e. The van der Waals surface area contributed by atoms with Crippen molar-refractivity contribution in [1.29, 1.82) is 0 Å². The van der Waals surface area contributed by atoms with Crippen LogP contribution in [0.1, 0.15) is 32.1 Å². The molecule has 3 heterocycles. The maximum atomic E-state index is 12.6. The first-order chi connectivity index (χ1) is 12.3. The van der Waals surface area contributed by atoms with E-state index in [0.717, 1.165) is 25.7 Å². The first-order valence-electron chi connectivity index (χ1n) is 8.65. The van der Waals surface area contributed by atoms with Gasteiger partial charge >= 0.3 is 6.36 Å². The topological polar surface area (TPSA) is 66.3 Å². The van der Waals surface area contributed by atoms with Crippen molar-refractivity contribution in [3.05, 3.63) is 23.5 Å². The lowest BCUT2D eigenvalue weighted by Crippen LogP contribution is -2.50. The van der Waals surface area contributed by atoms with E-state index in [0.29, 0.717) is 23.4 Å². The molecule has 0 radical (unpaired) electrons. The molecule has 9 heteroatoms. The zero-order chi connectivity index (χ0) is 18.5. The normalized spacial score (nSPS) is 30.8. The van der Waals surface area contributed by atoms with Crippen molar-refractivity contribution >= 4 is 17.3 Å². The molecular formula is C17H19F3N4O2. The Hall–Kier alpha value is -2.16. The number of amides is 1. The molecule has 3 aliphatic heterocycles. The molecule has 2 bridgehead atoms. The van der Waals surface area contributed by atoms with Gasteiger partial charge in [-0.1, -0.05) is 0 Å². The van der Waals surface area contributed by atoms with Gasteiger partial charge in [0.15, 0.2) is 5.71 Å². The Labute approximate surface area is 148 Å². The second kappa shape index (κ2) is 6.22. The summed E-state index contributed by atoms with van der Waals surface area (Å²) in [6.07, 6.45) is 1.86. The highest BCUT2D eigenvalue weighted by molar-refractivity contribution is 6.53. The monoisotopic (exact) mass is 368 g/mol. The van der Waals surface area contributed by atoms with Gasteiger partial charge in [0, 0.05) is 23.7 Å². The Morgan fingerprint density at radius 3 is 2.58 bits per heavy atom. The van der Waals surface area contributed by atoms with Crippen LogP contribution in [0, 0.1) is 0 Å². The number of carbonyl (C=O) groups is 1. The lowest BCUT2D eigenvalue weighted by Gasteiger charge is -2.36. The average molecular weight is 368 g/mol. The fourth-order valence-electron chi connectivity index (χ4n) is 4.23. The van der Waals surface area contributed by atoms with E-state index < -0.39 is 6.36 Å². The minimum Gasteiger partial charge on any atom is -0.410 e. The predicted octanol–water partition coefficient (Wildman–Crippen LogP) is 2.29. The minimum absolute atomic E-state index is 0.0896. The van der Waals surface area contributed by atoms with Gasteiger partial charge in [0.25, 0.3) is 5.91 Å². The number of hydrogen-bond donors (Lipinski definition) is 1. The fraction of sp³-hybridized carbons (Fsp3) is 0.588. The van der Waals surface area contributed by atoms with E-state index in [1.807, 2.05) is 0 Å². The van der Waals surface area contributed by atoms with Crippen LogP contribution in [-0.4, -0.2) is 53.8 Å². The van der Waals surface area contributed by atoms with Gasteiger partial charge in [0.05, 0.1) is 12.1 Å². The molecule has 4 aliphatic rings. The standard InChI is InChI=1S/C17H19F3N4O2/c1-24-10-2-3-11(24)7-9(6-10)21-16(25)15-13-5-4-12(26-17(18,19)20)8-14(13)22-23-15/h4-5,9-11H,2-3,6-8H2,1H3,(H,21,25). The highest BCUT2D eigenvalue weighted by atomic mass is 19.4.